The van der Waals surface area contributed by atoms with Crippen LogP contribution in [0.4, 0.5) is 0 Å². The Kier molecular flexibility index (Phi) is 6.65. The number of carbonyl (C=O) groups excluding carboxylic acids is 2. The van der Waals surface area contributed by atoms with Gasteiger partial charge in [-0.1, -0.05) is 35.9 Å². The topological polar surface area (TPSA) is 99.4 Å². The highest BCUT2D eigenvalue weighted by atomic mass is 35.5. The SMILES string of the molecule is CN(C(=O)[C@@H](N)CO)[C@@H]1c2ccccc2C[C@H]1CCCC(=O)c1cc2cc(Cl)ccc2[nH]1. The molecule has 1 aromatic heterocycles. The van der Waals surface area contributed by atoms with E-state index in [-0.39, 0.29) is 30.3 Å². The lowest BCUT2D eigenvalue weighted by atomic mass is 9.92. The van der Waals surface area contributed by atoms with E-state index in [2.05, 4.69) is 17.1 Å². The minimum Gasteiger partial charge on any atom is -0.394 e. The number of fused-ring (bicyclic) bond motifs is 2. The lowest BCUT2D eigenvalue weighted by Crippen LogP contribution is -2.46. The molecule has 1 amide bonds. The Morgan fingerprint density at radius 1 is 1.25 bits per heavy atom. The van der Waals surface area contributed by atoms with Gasteiger partial charge in [0.15, 0.2) is 5.78 Å². The van der Waals surface area contributed by atoms with E-state index in [4.69, 9.17) is 17.3 Å². The molecular weight excluding hydrogens is 426 g/mol. The number of aromatic nitrogens is 1. The van der Waals surface area contributed by atoms with Gasteiger partial charge in [0.2, 0.25) is 5.91 Å². The predicted octanol–water partition coefficient (Wildman–Crippen LogP) is 3.87. The normalized spacial score (nSPS) is 18.5. The molecule has 0 aliphatic heterocycles. The number of hydrogen-bond acceptors (Lipinski definition) is 4. The number of aliphatic hydroxyl groups excluding tert-OH is 1. The van der Waals surface area contributed by atoms with Crippen molar-refractivity contribution < 1.29 is 14.7 Å². The van der Waals surface area contributed by atoms with E-state index in [1.807, 2.05) is 30.3 Å². The molecule has 7 heteroatoms. The molecule has 0 unspecified atom stereocenters. The summed E-state index contributed by atoms with van der Waals surface area (Å²) in [6, 6.07) is 14.4. The lowest BCUT2D eigenvalue weighted by molar-refractivity contribution is -0.135. The van der Waals surface area contributed by atoms with Gasteiger partial charge in [-0.15, -0.1) is 0 Å². The van der Waals surface area contributed by atoms with Crippen molar-refractivity contribution in [2.75, 3.05) is 13.7 Å². The first kappa shape index (κ1) is 22.5. The summed E-state index contributed by atoms with van der Waals surface area (Å²) in [7, 11) is 1.75. The Hall–Kier alpha value is -2.67. The van der Waals surface area contributed by atoms with E-state index in [9.17, 15) is 14.7 Å². The molecule has 4 N–H and O–H groups in total. The van der Waals surface area contributed by atoms with Gasteiger partial charge in [0, 0.05) is 29.4 Å². The zero-order valence-corrected chi connectivity index (χ0v) is 18.8. The first-order valence-corrected chi connectivity index (χ1v) is 11.3. The Morgan fingerprint density at radius 2 is 2.03 bits per heavy atom. The molecule has 0 saturated carbocycles. The maximum absolute atomic E-state index is 12.8. The lowest BCUT2D eigenvalue weighted by Gasteiger charge is -2.32. The molecule has 4 rings (SSSR count). The van der Waals surface area contributed by atoms with Crippen molar-refractivity contribution in [1.29, 1.82) is 0 Å². The molecule has 0 spiro atoms. The summed E-state index contributed by atoms with van der Waals surface area (Å²) >= 11 is 6.04. The average Bonchev–Trinajstić information content (AvgIpc) is 3.38. The summed E-state index contributed by atoms with van der Waals surface area (Å²) in [5.74, 6) is -0.00954. The third-order valence-electron chi connectivity index (χ3n) is 6.44. The van der Waals surface area contributed by atoms with Crippen LogP contribution in [0, 0.1) is 5.92 Å². The van der Waals surface area contributed by atoms with Crippen LogP contribution >= 0.6 is 11.6 Å². The van der Waals surface area contributed by atoms with Crippen molar-refractivity contribution in [3.63, 3.8) is 0 Å². The quantitative estimate of drug-likeness (QED) is 0.451. The molecule has 1 aliphatic rings. The van der Waals surface area contributed by atoms with Crippen molar-refractivity contribution >= 4 is 34.2 Å². The number of likely N-dealkylation sites (N-methyl/N-ethyl adjacent to an activating group) is 1. The third-order valence-corrected chi connectivity index (χ3v) is 6.68. The van der Waals surface area contributed by atoms with Crippen molar-refractivity contribution in [3.05, 3.63) is 70.4 Å². The fourth-order valence-electron chi connectivity index (χ4n) is 4.83. The summed E-state index contributed by atoms with van der Waals surface area (Å²) < 4.78 is 0. The Labute approximate surface area is 192 Å². The first-order valence-electron chi connectivity index (χ1n) is 10.9. The number of amides is 1. The number of benzene rings is 2. The van der Waals surface area contributed by atoms with Crippen molar-refractivity contribution in [3.8, 4) is 0 Å². The zero-order valence-electron chi connectivity index (χ0n) is 18.1. The fourth-order valence-corrected chi connectivity index (χ4v) is 5.01. The molecule has 32 heavy (non-hydrogen) atoms. The van der Waals surface area contributed by atoms with Crippen LogP contribution in [-0.4, -0.2) is 46.4 Å². The zero-order chi connectivity index (χ0) is 22.8. The van der Waals surface area contributed by atoms with E-state index >= 15 is 0 Å². The molecule has 0 radical (unpaired) electrons. The van der Waals surface area contributed by atoms with Crippen LogP contribution in [0.5, 0.6) is 0 Å². The van der Waals surface area contributed by atoms with Gasteiger partial charge in [-0.3, -0.25) is 9.59 Å². The number of H-pyrrole nitrogens is 1. The summed E-state index contributed by atoms with van der Waals surface area (Å²) in [4.78, 5) is 30.3. The maximum atomic E-state index is 12.8. The minimum atomic E-state index is -0.925. The smallest absolute Gasteiger partial charge is 0.242 e. The number of halogens is 1. The second kappa shape index (κ2) is 9.45. The molecule has 168 valence electrons. The highest BCUT2D eigenvalue weighted by Gasteiger charge is 2.37. The highest BCUT2D eigenvalue weighted by Crippen LogP contribution is 2.42. The Bertz CT molecular complexity index is 1140. The van der Waals surface area contributed by atoms with Crippen molar-refractivity contribution in [1.82, 2.24) is 9.88 Å². The van der Waals surface area contributed by atoms with Gasteiger partial charge < -0.3 is 20.7 Å². The standard InChI is InChI=1S/C25H28ClN3O3/c1-29(25(32)20(27)14-30)24-16(11-15-5-2-3-7-19(15)24)6-4-8-23(31)22-13-17-12-18(26)9-10-21(17)28-22/h2-3,5,7,9-10,12-13,16,20,24,28,30H,4,6,8,11,14,27H2,1H3/t16-,20+,24+/m1/s1. The van der Waals surface area contributed by atoms with Crippen molar-refractivity contribution in [2.24, 2.45) is 11.7 Å². The van der Waals surface area contributed by atoms with E-state index in [0.29, 0.717) is 17.1 Å². The van der Waals surface area contributed by atoms with Crippen LogP contribution in [0.1, 0.15) is 46.9 Å². The third kappa shape index (κ3) is 4.44. The van der Waals surface area contributed by atoms with Gasteiger partial charge in [-0.25, -0.2) is 0 Å². The minimum absolute atomic E-state index is 0.0658. The molecule has 2 aromatic carbocycles. The largest absolute Gasteiger partial charge is 0.394 e. The molecule has 3 atom stereocenters. The van der Waals surface area contributed by atoms with E-state index < -0.39 is 6.04 Å². The second-order valence-corrected chi connectivity index (χ2v) is 9.01. The first-order chi connectivity index (χ1) is 15.4. The van der Waals surface area contributed by atoms with Gasteiger partial charge in [0.1, 0.15) is 6.04 Å². The summed E-state index contributed by atoms with van der Waals surface area (Å²) in [6.45, 7) is -0.383. The number of rotatable bonds is 8. The summed E-state index contributed by atoms with van der Waals surface area (Å²) in [5.41, 5.74) is 9.63. The number of ketones is 1. The molecule has 3 aromatic rings. The van der Waals surface area contributed by atoms with Gasteiger partial charge in [-0.05, 0) is 60.6 Å². The van der Waals surface area contributed by atoms with Crippen LogP contribution in [0.25, 0.3) is 10.9 Å². The fraction of sp³-hybridized carbons (Fsp3) is 0.360. The monoisotopic (exact) mass is 453 g/mol. The molecule has 0 fully saturated rings. The van der Waals surface area contributed by atoms with Gasteiger partial charge in [0.25, 0.3) is 0 Å². The van der Waals surface area contributed by atoms with Crippen LogP contribution in [0.15, 0.2) is 48.5 Å². The van der Waals surface area contributed by atoms with E-state index in [1.54, 1.807) is 18.0 Å². The number of Topliss-reactive ketones (excluding diaryl/α,β-unsaturated/α-hetero) is 1. The molecule has 0 saturated heterocycles. The number of aromatic amines is 1. The summed E-state index contributed by atoms with van der Waals surface area (Å²) in [6.07, 6.45) is 2.81. The Morgan fingerprint density at radius 3 is 2.81 bits per heavy atom. The molecule has 1 heterocycles. The van der Waals surface area contributed by atoms with Crippen LogP contribution < -0.4 is 5.73 Å². The van der Waals surface area contributed by atoms with Crippen LogP contribution in [-0.2, 0) is 11.2 Å². The second-order valence-electron chi connectivity index (χ2n) is 8.58. The van der Waals surface area contributed by atoms with Crippen LogP contribution in [0.2, 0.25) is 5.02 Å². The highest BCUT2D eigenvalue weighted by molar-refractivity contribution is 6.31. The van der Waals surface area contributed by atoms with Crippen LogP contribution in [0.3, 0.4) is 0 Å². The number of nitrogens with two attached hydrogens (primary N) is 1. The molecule has 0 bridgehead atoms. The molecule has 6 nitrogen and oxygen atoms in total. The number of aliphatic hydroxyl groups is 1. The number of nitrogens with zero attached hydrogens (tertiary/aromatic N) is 1. The number of nitrogens with one attached hydrogen (secondary N) is 1. The van der Waals surface area contributed by atoms with Crippen molar-refractivity contribution in [2.45, 2.75) is 37.8 Å². The Balaban J connectivity index is 1.44. The molecular formula is C25H28ClN3O3. The van der Waals surface area contributed by atoms with Gasteiger partial charge in [0.05, 0.1) is 18.3 Å². The molecule has 1 aliphatic carbocycles. The average molecular weight is 454 g/mol. The van der Waals surface area contributed by atoms with E-state index in [1.165, 1.54) is 5.56 Å². The predicted molar refractivity (Wildman–Crippen MR) is 126 cm³/mol. The number of carbonyl (C=O) groups is 2. The maximum Gasteiger partial charge on any atom is 0.242 e. The van der Waals surface area contributed by atoms with Gasteiger partial charge >= 0.3 is 0 Å². The number of hydrogen-bond donors (Lipinski definition) is 3. The summed E-state index contributed by atoms with van der Waals surface area (Å²) in [5, 5.41) is 10.9. The van der Waals surface area contributed by atoms with E-state index in [0.717, 1.165) is 35.7 Å². The van der Waals surface area contributed by atoms with Gasteiger partial charge in [-0.2, -0.15) is 0 Å².